The predicted octanol–water partition coefficient (Wildman–Crippen LogP) is 4.40. The zero-order valence-corrected chi connectivity index (χ0v) is 19.1. The van der Waals surface area contributed by atoms with Gasteiger partial charge in [0.05, 0.1) is 24.3 Å². The van der Waals surface area contributed by atoms with E-state index >= 15 is 0 Å². The fraction of sp³-hybridized carbons (Fsp3) is 0.214. The summed E-state index contributed by atoms with van der Waals surface area (Å²) in [7, 11) is 0. The molecule has 1 aliphatic rings. The van der Waals surface area contributed by atoms with E-state index in [1.54, 1.807) is 24.7 Å². The molecule has 2 unspecified atom stereocenters. The zero-order chi connectivity index (χ0) is 24.2. The minimum absolute atomic E-state index is 0.00899. The highest BCUT2D eigenvalue weighted by molar-refractivity contribution is 5.79. The van der Waals surface area contributed by atoms with Crippen LogP contribution in [-0.2, 0) is 4.74 Å². The number of aromatic amines is 1. The molecule has 0 saturated heterocycles. The van der Waals surface area contributed by atoms with Crippen molar-refractivity contribution in [1.82, 2.24) is 15.3 Å². The number of carbonyl (C=O) groups excluding carboxylic acids is 1. The Morgan fingerprint density at radius 3 is 2.26 bits per heavy atom. The van der Waals surface area contributed by atoms with Gasteiger partial charge in [-0.3, -0.25) is 0 Å². The predicted molar refractivity (Wildman–Crippen MR) is 133 cm³/mol. The van der Waals surface area contributed by atoms with Crippen LogP contribution < -0.4 is 5.32 Å². The van der Waals surface area contributed by atoms with E-state index in [0.717, 1.165) is 22.4 Å². The number of amides is 1. The Kier molecular flexibility index (Phi) is 6.61. The summed E-state index contributed by atoms with van der Waals surface area (Å²) < 4.78 is 5.51. The molecule has 0 spiro atoms. The number of ether oxygens (including phenoxy) is 1. The van der Waals surface area contributed by atoms with E-state index in [4.69, 9.17) is 4.74 Å². The molecule has 1 heterocycles. The molecular weight excluding hydrogens is 442 g/mol. The first-order chi connectivity index (χ1) is 17.1. The number of nitrogens with zero attached hydrogens (tertiary/aromatic N) is 1. The van der Waals surface area contributed by atoms with Crippen molar-refractivity contribution in [3.63, 3.8) is 0 Å². The molecule has 1 amide bonds. The molecule has 4 N–H and O–H groups in total. The third-order valence-corrected chi connectivity index (χ3v) is 6.48. The number of rotatable bonds is 8. The Hall–Kier alpha value is -3.94. The van der Waals surface area contributed by atoms with Gasteiger partial charge in [0.15, 0.2) is 0 Å². The standard InChI is InChI=1S/C28H27N3O4/c32-26(27(33)19-11-9-18(10-12-19)25-15-29-17-31-25)13-14-30-28(34)35-16-24-22-7-3-1-5-20(22)21-6-2-4-8-23(21)24/h1-12,15,17,24,26-27,32-33H,13-14,16H2,(H,29,31)(H,30,34). The largest absolute Gasteiger partial charge is 0.449 e. The summed E-state index contributed by atoms with van der Waals surface area (Å²) in [4.78, 5) is 19.3. The number of H-pyrrole nitrogens is 1. The molecular formula is C28H27N3O4. The summed E-state index contributed by atoms with van der Waals surface area (Å²) in [6.07, 6.45) is 0.878. The Bertz CT molecular complexity index is 1240. The van der Waals surface area contributed by atoms with E-state index < -0.39 is 18.3 Å². The van der Waals surface area contributed by atoms with Crippen molar-refractivity contribution in [2.45, 2.75) is 24.5 Å². The van der Waals surface area contributed by atoms with E-state index in [2.05, 4.69) is 39.6 Å². The number of aromatic nitrogens is 2. The second kappa shape index (κ2) is 10.1. The molecule has 2 atom stereocenters. The molecule has 7 heteroatoms. The van der Waals surface area contributed by atoms with Gasteiger partial charge < -0.3 is 25.3 Å². The first-order valence-corrected chi connectivity index (χ1v) is 11.7. The lowest BCUT2D eigenvalue weighted by Crippen LogP contribution is -2.30. The zero-order valence-electron chi connectivity index (χ0n) is 19.1. The van der Waals surface area contributed by atoms with Crippen LogP contribution in [0.1, 0.15) is 35.1 Å². The first kappa shape index (κ1) is 22.8. The molecule has 0 aliphatic heterocycles. The summed E-state index contributed by atoms with van der Waals surface area (Å²) in [6.45, 7) is 0.412. The van der Waals surface area contributed by atoms with Crippen LogP contribution in [0.3, 0.4) is 0 Å². The molecule has 1 aromatic heterocycles. The Labute approximate surface area is 203 Å². The SMILES string of the molecule is O=C(NCCC(O)C(O)c1ccc(-c2cnc[nH]2)cc1)OCC1c2ccccc2-c2ccccc21. The minimum Gasteiger partial charge on any atom is -0.449 e. The highest BCUT2D eigenvalue weighted by Crippen LogP contribution is 2.44. The molecule has 3 aromatic carbocycles. The van der Waals surface area contributed by atoms with Crippen LogP contribution in [-0.4, -0.2) is 45.5 Å². The first-order valence-electron chi connectivity index (χ1n) is 11.7. The molecule has 0 bridgehead atoms. The van der Waals surface area contributed by atoms with Gasteiger partial charge in [-0.1, -0.05) is 72.8 Å². The quantitative estimate of drug-likeness (QED) is 0.306. The van der Waals surface area contributed by atoms with Gasteiger partial charge in [0.2, 0.25) is 0 Å². The lowest BCUT2D eigenvalue weighted by atomic mass is 9.98. The minimum atomic E-state index is -1.06. The Balaban J connectivity index is 1.10. The molecule has 4 aromatic rings. The van der Waals surface area contributed by atoms with Gasteiger partial charge in [-0.05, 0) is 39.8 Å². The number of carbonyl (C=O) groups is 1. The molecule has 0 saturated carbocycles. The average Bonchev–Trinajstić information content (AvgIpc) is 3.54. The third kappa shape index (κ3) is 4.82. The molecule has 5 rings (SSSR count). The van der Waals surface area contributed by atoms with Gasteiger partial charge in [-0.2, -0.15) is 0 Å². The fourth-order valence-electron chi connectivity index (χ4n) is 4.63. The molecule has 0 radical (unpaired) electrons. The van der Waals surface area contributed by atoms with Crippen molar-refractivity contribution in [1.29, 1.82) is 0 Å². The Morgan fingerprint density at radius 2 is 1.63 bits per heavy atom. The van der Waals surface area contributed by atoms with Gasteiger partial charge in [-0.15, -0.1) is 0 Å². The average molecular weight is 470 g/mol. The molecule has 7 nitrogen and oxygen atoms in total. The van der Waals surface area contributed by atoms with E-state index in [1.807, 2.05) is 36.4 Å². The van der Waals surface area contributed by atoms with Crippen LogP contribution >= 0.6 is 0 Å². The van der Waals surface area contributed by atoms with Crippen LogP contribution in [0, 0.1) is 0 Å². The van der Waals surface area contributed by atoms with Crippen molar-refractivity contribution in [3.8, 4) is 22.4 Å². The highest BCUT2D eigenvalue weighted by Gasteiger charge is 2.29. The number of hydrogen-bond donors (Lipinski definition) is 4. The topological polar surface area (TPSA) is 107 Å². The van der Waals surface area contributed by atoms with Crippen LogP contribution in [0.5, 0.6) is 0 Å². The fourth-order valence-corrected chi connectivity index (χ4v) is 4.63. The smallest absolute Gasteiger partial charge is 0.407 e. The van der Waals surface area contributed by atoms with Crippen molar-refractivity contribution >= 4 is 6.09 Å². The van der Waals surface area contributed by atoms with Crippen LogP contribution in [0.2, 0.25) is 0 Å². The van der Waals surface area contributed by atoms with Gasteiger partial charge >= 0.3 is 6.09 Å². The van der Waals surface area contributed by atoms with Gasteiger partial charge in [0.25, 0.3) is 0 Å². The van der Waals surface area contributed by atoms with Crippen LogP contribution in [0.4, 0.5) is 4.79 Å². The summed E-state index contributed by atoms with van der Waals surface area (Å²) in [5, 5.41) is 23.6. The molecule has 35 heavy (non-hydrogen) atoms. The van der Waals surface area contributed by atoms with Gasteiger partial charge in [-0.25, -0.2) is 9.78 Å². The summed E-state index contributed by atoms with van der Waals surface area (Å²) >= 11 is 0. The van der Waals surface area contributed by atoms with Gasteiger partial charge in [0, 0.05) is 12.5 Å². The number of hydrogen-bond acceptors (Lipinski definition) is 5. The number of imidazole rings is 1. The normalized spacial score (nSPS) is 14.1. The Morgan fingerprint density at radius 1 is 0.971 bits per heavy atom. The van der Waals surface area contributed by atoms with E-state index in [9.17, 15) is 15.0 Å². The van der Waals surface area contributed by atoms with Crippen molar-refractivity contribution in [3.05, 3.63) is 102 Å². The number of fused-ring (bicyclic) bond motifs is 3. The number of alkyl carbamates (subject to hydrolysis) is 1. The van der Waals surface area contributed by atoms with Crippen molar-refractivity contribution in [2.75, 3.05) is 13.2 Å². The lowest BCUT2D eigenvalue weighted by Gasteiger charge is -2.19. The maximum absolute atomic E-state index is 12.3. The van der Waals surface area contributed by atoms with Crippen LogP contribution in [0.25, 0.3) is 22.4 Å². The van der Waals surface area contributed by atoms with E-state index in [0.29, 0.717) is 5.56 Å². The maximum Gasteiger partial charge on any atom is 0.407 e. The highest BCUT2D eigenvalue weighted by atomic mass is 16.5. The molecule has 0 fully saturated rings. The maximum atomic E-state index is 12.3. The van der Waals surface area contributed by atoms with Crippen molar-refractivity contribution < 1.29 is 19.7 Å². The summed E-state index contributed by atoms with van der Waals surface area (Å²) in [5.74, 6) is -0.00899. The second-order valence-corrected chi connectivity index (χ2v) is 8.64. The number of aliphatic hydroxyl groups excluding tert-OH is 2. The lowest BCUT2D eigenvalue weighted by molar-refractivity contribution is 0.0137. The summed E-state index contributed by atoms with van der Waals surface area (Å²) in [6, 6.07) is 23.6. The molecule has 178 valence electrons. The number of aliphatic hydroxyl groups is 2. The van der Waals surface area contributed by atoms with Crippen LogP contribution in [0.15, 0.2) is 85.3 Å². The van der Waals surface area contributed by atoms with E-state index in [1.165, 1.54) is 11.1 Å². The number of nitrogens with one attached hydrogen (secondary N) is 2. The van der Waals surface area contributed by atoms with Gasteiger partial charge in [0.1, 0.15) is 12.7 Å². The summed E-state index contributed by atoms with van der Waals surface area (Å²) in [5.41, 5.74) is 7.06. The monoisotopic (exact) mass is 469 g/mol. The molecule has 1 aliphatic carbocycles. The third-order valence-electron chi connectivity index (χ3n) is 6.48. The van der Waals surface area contributed by atoms with Crippen molar-refractivity contribution in [2.24, 2.45) is 0 Å². The van der Waals surface area contributed by atoms with E-state index in [-0.39, 0.29) is 25.5 Å². The second-order valence-electron chi connectivity index (χ2n) is 8.64. The number of benzene rings is 3.